The van der Waals surface area contributed by atoms with E-state index in [1.807, 2.05) is 12.1 Å². The first-order chi connectivity index (χ1) is 10.4. The van der Waals surface area contributed by atoms with E-state index in [4.69, 9.17) is 5.11 Å². The highest BCUT2D eigenvalue weighted by Crippen LogP contribution is 2.31. The number of piperidine rings is 1. The molecule has 2 aliphatic rings. The summed E-state index contributed by atoms with van der Waals surface area (Å²) >= 11 is 0. The summed E-state index contributed by atoms with van der Waals surface area (Å²) in [4.78, 5) is 0. The van der Waals surface area contributed by atoms with Gasteiger partial charge in [-0.2, -0.15) is 0 Å². The van der Waals surface area contributed by atoms with Gasteiger partial charge in [-0.25, -0.2) is 0 Å². The van der Waals surface area contributed by atoms with E-state index in [2.05, 4.69) is 22.8 Å². The molecule has 1 aliphatic heterocycles. The standard InChI is InChI=1S/C18H28N2O/c21-13-15-9-7-14(8-10-15)12-20-18-6-3-4-16(18)17-5-1-2-11-19-17/h7-10,16-21H,1-6,11-13H2. The van der Waals surface area contributed by atoms with Crippen LogP contribution >= 0.6 is 0 Å². The highest BCUT2D eigenvalue weighted by atomic mass is 16.3. The van der Waals surface area contributed by atoms with Gasteiger partial charge in [-0.1, -0.05) is 37.1 Å². The van der Waals surface area contributed by atoms with Crippen molar-refractivity contribution in [2.45, 2.75) is 63.8 Å². The number of hydrogen-bond acceptors (Lipinski definition) is 3. The van der Waals surface area contributed by atoms with Crippen LogP contribution in [0.3, 0.4) is 0 Å². The molecule has 0 spiro atoms. The molecule has 3 rings (SSSR count). The third-order valence-electron chi connectivity index (χ3n) is 5.21. The van der Waals surface area contributed by atoms with Gasteiger partial charge in [0.05, 0.1) is 6.61 Å². The minimum atomic E-state index is 0.131. The highest BCUT2D eigenvalue weighted by Gasteiger charge is 2.33. The predicted octanol–water partition coefficient (Wildman–Crippen LogP) is 2.58. The zero-order chi connectivity index (χ0) is 14.5. The van der Waals surface area contributed by atoms with Crippen LogP contribution in [0.2, 0.25) is 0 Å². The van der Waals surface area contributed by atoms with Crippen molar-refractivity contribution < 1.29 is 5.11 Å². The largest absolute Gasteiger partial charge is 0.392 e. The van der Waals surface area contributed by atoms with E-state index in [1.54, 1.807) is 0 Å². The molecule has 1 saturated carbocycles. The van der Waals surface area contributed by atoms with Crippen molar-refractivity contribution in [2.75, 3.05) is 6.54 Å². The van der Waals surface area contributed by atoms with E-state index in [-0.39, 0.29) is 6.61 Å². The van der Waals surface area contributed by atoms with Gasteiger partial charge in [-0.05, 0) is 49.3 Å². The summed E-state index contributed by atoms with van der Waals surface area (Å²) in [5.74, 6) is 0.807. The molecule has 2 fully saturated rings. The van der Waals surface area contributed by atoms with Gasteiger partial charge in [0.25, 0.3) is 0 Å². The Kier molecular flexibility index (Phi) is 5.28. The first-order valence-electron chi connectivity index (χ1n) is 8.52. The molecule has 1 saturated heterocycles. The maximum Gasteiger partial charge on any atom is 0.0681 e. The summed E-state index contributed by atoms with van der Waals surface area (Å²) < 4.78 is 0. The number of hydrogen-bond donors (Lipinski definition) is 3. The molecule has 1 heterocycles. The predicted molar refractivity (Wildman–Crippen MR) is 86.0 cm³/mol. The quantitative estimate of drug-likeness (QED) is 0.780. The third kappa shape index (κ3) is 3.85. The van der Waals surface area contributed by atoms with Crippen molar-refractivity contribution >= 4 is 0 Å². The lowest BCUT2D eigenvalue weighted by Gasteiger charge is -2.33. The van der Waals surface area contributed by atoms with Gasteiger partial charge in [0.2, 0.25) is 0 Å². The fraction of sp³-hybridized carbons (Fsp3) is 0.667. The molecule has 0 bridgehead atoms. The molecule has 0 amide bonds. The fourth-order valence-corrected chi connectivity index (χ4v) is 3.98. The summed E-state index contributed by atoms with van der Waals surface area (Å²) in [5, 5.41) is 16.6. The molecular formula is C18H28N2O. The zero-order valence-corrected chi connectivity index (χ0v) is 12.9. The second-order valence-corrected chi connectivity index (χ2v) is 6.61. The average Bonchev–Trinajstić information content (AvgIpc) is 3.03. The Labute approximate surface area is 128 Å². The summed E-state index contributed by atoms with van der Waals surface area (Å²) in [6, 6.07) is 9.69. The lowest BCUT2D eigenvalue weighted by Crippen LogP contribution is -2.46. The second kappa shape index (κ2) is 7.39. The number of aliphatic hydroxyl groups excluding tert-OH is 1. The van der Waals surface area contributed by atoms with Gasteiger partial charge >= 0.3 is 0 Å². The topological polar surface area (TPSA) is 44.3 Å². The summed E-state index contributed by atoms with van der Waals surface area (Å²) in [7, 11) is 0. The van der Waals surface area contributed by atoms with Gasteiger partial charge in [0.1, 0.15) is 0 Å². The van der Waals surface area contributed by atoms with Gasteiger partial charge in [-0.15, -0.1) is 0 Å². The average molecular weight is 288 g/mol. The normalized spacial score (nSPS) is 29.7. The van der Waals surface area contributed by atoms with E-state index in [1.165, 1.54) is 50.6 Å². The van der Waals surface area contributed by atoms with Crippen LogP contribution in [0.5, 0.6) is 0 Å². The molecular weight excluding hydrogens is 260 g/mol. The molecule has 1 aliphatic carbocycles. The first kappa shape index (κ1) is 15.0. The molecule has 0 radical (unpaired) electrons. The van der Waals surface area contributed by atoms with Gasteiger partial charge in [-0.3, -0.25) is 0 Å². The Bertz CT molecular complexity index is 425. The van der Waals surface area contributed by atoms with E-state index < -0.39 is 0 Å². The van der Waals surface area contributed by atoms with Crippen LogP contribution in [0.15, 0.2) is 24.3 Å². The Balaban J connectivity index is 1.53. The molecule has 116 valence electrons. The molecule has 3 heteroatoms. The molecule has 3 unspecified atom stereocenters. The minimum absolute atomic E-state index is 0.131. The lowest BCUT2D eigenvalue weighted by molar-refractivity contribution is 0.257. The smallest absolute Gasteiger partial charge is 0.0681 e. The molecule has 1 aromatic carbocycles. The maximum absolute atomic E-state index is 9.09. The zero-order valence-electron chi connectivity index (χ0n) is 12.9. The van der Waals surface area contributed by atoms with E-state index >= 15 is 0 Å². The van der Waals surface area contributed by atoms with Crippen molar-refractivity contribution in [3.63, 3.8) is 0 Å². The summed E-state index contributed by atoms with van der Waals surface area (Å²) in [6.07, 6.45) is 8.15. The molecule has 3 atom stereocenters. The van der Waals surface area contributed by atoms with Gasteiger partial charge in [0, 0.05) is 18.6 Å². The Morgan fingerprint density at radius 3 is 2.52 bits per heavy atom. The van der Waals surface area contributed by atoms with Crippen LogP contribution in [-0.4, -0.2) is 23.7 Å². The Hall–Kier alpha value is -0.900. The Morgan fingerprint density at radius 1 is 1.00 bits per heavy atom. The third-order valence-corrected chi connectivity index (χ3v) is 5.21. The van der Waals surface area contributed by atoms with Crippen LogP contribution in [0.4, 0.5) is 0 Å². The molecule has 21 heavy (non-hydrogen) atoms. The van der Waals surface area contributed by atoms with E-state index in [9.17, 15) is 0 Å². The Morgan fingerprint density at radius 2 is 1.81 bits per heavy atom. The molecule has 3 N–H and O–H groups in total. The minimum Gasteiger partial charge on any atom is -0.392 e. The highest BCUT2D eigenvalue weighted by molar-refractivity contribution is 5.21. The molecule has 3 nitrogen and oxygen atoms in total. The number of nitrogens with one attached hydrogen (secondary N) is 2. The van der Waals surface area contributed by atoms with Gasteiger partial charge < -0.3 is 15.7 Å². The monoisotopic (exact) mass is 288 g/mol. The van der Waals surface area contributed by atoms with Crippen LogP contribution in [0.1, 0.15) is 49.7 Å². The molecule has 1 aromatic rings. The van der Waals surface area contributed by atoms with Crippen molar-refractivity contribution in [3.8, 4) is 0 Å². The number of aliphatic hydroxyl groups is 1. The van der Waals surface area contributed by atoms with Crippen LogP contribution in [-0.2, 0) is 13.2 Å². The van der Waals surface area contributed by atoms with E-state index in [0.717, 1.165) is 24.1 Å². The van der Waals surface area contributed by atoms with Crippen molar-refractivity contribution in [1.82, 2.24) is 10.6 Å². The fourth-order valence-electron chi connectivity index (χ4n) is 3.98. The van der Waals surface area contributed by atoms with Crippen LogP contribution in [0.25, 0.3) is 0 Å². The summed E-state index contributed by atoms with van der Waals surface area (Å²) in [5.41, 5.74) is 2.30. The first-order valence-corrected chi connectivity index (χ1v) is 8.52. The van der Waals surface area contributed by atoms with Crippen molar-refractivity contribution in [3.05, 3.63) is 35.4 Å². The van der Waals surface area contributed by atoms with Crippen LogP contribution < -0.4 is 10.6 Å². The maximum atomic E-state index is 9.09. The second-order valence-electron chi connectivity index (χ2n) is 6.61. The SMILES string of the molecule is OCc1ccc(CNC2CCCC2C2CCCCN2)cc1. The van der Waals surface area contributed by atoms with Crippen molar-refractivity contribution in [2.24, 2.45) is 5.92 Å². The van der Waals surface area contributed by atoms with Gasteiger partial charge in [0.15, 0.2) is 0 Å². The summed E-state index contributed by atoms with van der Waals surface area (Å²) in [6.45, 7) is 2.28. The lowest BCUT2D eigenvalue weighted by atomic mass is 9.88. The number of rotatable bonds is 5. The van der Waals surface area contributed by atoms with E-state index in [0.29, 0.717) is 6.04 Å². The molecule has 0 aromatic heterocycles. The van der Waals surface area contributed by atoms with Crippen molar-refractivity contribution in [1.29, 1.82) is 0 Å². The van der Waals surface area contributed by atoms with Crippen LogP contribution in [0, 0.1) is 5.92 Å². The number of benzene rings is 1.